The number of halogens is 4. The molecule has 1 saturated heterocycles. The van der Waals surface area contributed by atoms with Crippen molar-refractivity contribution in [2.45, 2.75) is 63.8 Å². The van der Waals surface area contributed by atoms with Gasteiger partial charge in [-0.1, -0.05) is 23.7 Å². The fraction of sp³-hybridized carbons (Fsp3) is 0.406. The van der Waals surface area contributed by atoms with Crippen molar-refractivity contribution in [2.75, 3.05) is 18.5 Å². The zero-order valence-electron chi connectivity index (χ0n) is 24.0. The number of ether oxygens (including phenoxy) is 3. The van der Waals surface area contributed by atoms with Gasteiger partial charge in [-0.3, -0.25) is 9.78 Å². The Balaban J connectivity index is 1.37. The fourth-order valence-electron chi connectivity index (χ4n) is 5.47. The van der Waals surface area contributed by atoms with Gasteiger partial charge in [0.15, 0.2) is 5.79 Å². The van der Waals surface area contributed by atoms with Crippen molar-refractivity contribution in [1.82, 2.24) is 4.98 Å². The van der Waals surface area contributed by atoms with Crippen molar-refractivity contribution >= 4 is 29.2 Å². The molecule has 1 spiro atoms. The molecule has 1 N–H and O–H groups in total. The first-order valence-electron chi connectivity index (χ1n) is 14.0. The Bertz CT molecular complexity index is 1480. The molecule has 1 aliphatic heterocycles. The Morgan fingerprint density at radius 3 is 2.33 bits per heavy atom. The maximum Gasteiger partial charge on any atom is 0.338 e. The molecule has 2 aromatic carbocycles. The lowest BCUT2D eigenvalue weighted by molar-refractivity contribution is -0.231. The number of esters is 1. The maximum absolute atomic E-state index is 14.9. The van der Waals surface area contributed by atoms with Crippen LogP contribution < -0.4 is 5.32 Å². The molecule has 43 heavy (non-hydrogen) atoms. The Kier molecular flexibility index (Phi) is 8.83. The van der Waals surface area contributed by atoms with E-state index in [1.54, 1.807) is 45.0 Å². The second-order valence-electron chi connectivity index (χ2n) is 11.8. The van der Waals surface area contributed by atoms with Crippen LogP contribution in [0.4, 0.5) is 18.9 Å². The van der Waals surface area contributed by atoms with Crippen molar-refractivity contribution < 1.29 is 37.0 Å². The molecular weight excluding hydrogens is 585 g/mol. The van der Waals surface area contributed by atoms with E-state index in [0.29, 0.717) is 49.4 Å². The average molecular weight is 617 g/mol. The number of aromatic nitrogens is 1. The third kappa shape index (κ3) is 7.03. The van der Waals surface area contributed by atoms with Gasteiger partial charge in [0.05, 0.1) is 35.4 Å². The number of hydrogen-bond donors (Lipinski definition) is 1. The highest BCUT2D eigenvalue weighted by molar-refractivity contribution is 6.31. The highest BCUT2D eigenvalue weighted by Crippen LogP contribution is 2.48. The van der Waals surface area contributed by atoms with Gasteiger partial charge in [-0.05, 0) is 69.5 Å². The number of nitrogens with zero attached hydrogens (tertiary/aromatic N) is 1. The summed E-state index contributed by atoms with van der Waals surface area (Å²) in [5, 5.41) is 2.60. The Labute approximate surface area is 252 Å². The fourth-order valence-corrected chi connectivity index (χ4v) is 5.63. The zero-order chi connectivity index (χ0) is 30.9. The van der Waals surface area contributed by atoms with Crippen LogP contribution in [0, 0.1) is 11.7 Å². The number of pyridine rings is 1. The van der Waals surface area contributed by atoms with Gasteiger partial charge in [-0.2, -0.15) is 0 Å². The van der Waals surface area contributed by atoms with E-state index in [4.69, 9.17) is 25.8 Å². The Hall–Kier alpha value is -3.47. The van der Waals surface area contributed by atoms with Gasteiger partial charge in [0.1, 0.15) is 11.4 Å². The van der Waals surface area contributed by atoms with Crippen LogP contribution in [-0.4, -0.2) is 41.5 Å². The van der Waals surface area contributed by atoms with Gasteiger partial charge in [0.25, 0.3) is 6.43 Å². The van der Waals surface area contributed by atoms with E-state index < -0.39 is 41.1 Å². The van der Waals surface area contributed by atoms with Crippen molar-refractivity contribution in [3.05, 3.63) is 82.4 Å². The third-order valence-electron chi connectivity index (χ3n) is 7.48. The molecule has 228 valence electrons. The molecule has 3 aromatic rings. The van der Waals surface area contributed by atoms with E-state index in [9.17, 15) is 22.8 Å². The lowest BCUT2D eigenvalue weighted by Gasteiger charge is -2.43. The minimum atomic E-state index is -2.92. The molecule has 2 fully saturated rings. The van der Waals surface area contributed by atoms with Crippen LogP contribution >= 0.6 is 11.6 Å². The summed E-state index contributed by atoms with van der Waals surface area (Å²) < 4.78 is 59.1. The summed E-state index contributed by atoms with van der Waals surface area (Å²) in [6, 6.07) is 11.5. The van der Waals surface area contributed by atoms with Crippen LogP contribution in [0.1, 0.15) is 74.0 Å². The first-order valence-corrected chi connectivity index (χ1v) is 14.4. The SMILES string of the molecule is CC(C)(C)OC(=O)c1ccc(NC(=O)C(CC2CC3(C2)OCCO3)c2ccc(-c3c(C(F)F)ccc(Cl)c3F)cn2)cc1. The quantitative estimate of drug-likeness (QED) is 0.261. The van der Waals surface area contributed by atoms with Crippen molar-refractivity contribution in [3.63, 3.8) is 0 Å². The maximum atomic E-state index is 14.9. The van der Waals surface area contributed by atoms with Crippen molar-refractivity contribution in [1.29, 1.82) is 0 Å². The number of carbonyl (C=O) groups is 2. The number of amides is 1. The van der Waals surface area contributed by atoms with Crippen LogP contribution in [0.25, 0.3) is 11.1 Å². The monoisotopic (exact) mass is 616 g/mol. The van der Waals surface area contributed by atoms with Gasteiger partial charge >= 0.3 is 5.97 Å². The van der Waals surface area contributed by atoms with Gasteiger partial charge in [-0.25, -0.2) is 18.0 Å². The molecule has 1 atom stereocenters. The van der Waals surface area contributed by atoms with Crippen molar-refractivity contribution in [2.24, 2.45) is 5.92 Å². The zero-order valence-corrected chi connectivity index (χ0v) is 24.7. The highest BCUT2D eigenvalue weighted by atomic mass is 35.5. The van der Waals surface area contributed by atoms with Crippen LogP contribution in [0.3, 0.4) is 0 Å². The minimum absolute atomic E-state index is 0.112. The Morgan fingerprint density at radius 2 is 1.74 bits per heavy atom. The van der Waals surface area contributed by atoms with Crippen LogP contribution in [-0.2, 0) is 19.0 Å². The molecule has 1 unspecified atom stereocenters. The Morgan fingerprint density at radius 1 is 1.07 bits per heavy atom. The predicted octanol–water partition coefficient (Wildman–Crippen LogP) is 7.70. The van der Waals surface area contributed by atoms with E-state index in [1.807, 2.05) is 0 Å². The van der Waals surface area contributed by atoms with Crippen LogP contribution in [0.2, 0.25) is 5.02 Å². The molecule has 11 heteroatoms. The molecule has 1 saturated carbocycles. The average Bonchev–Trinajstić information content (AvgIpc) is 3.42. The number of anilines is 1. The van der Waals surface area contributed by atoms with E-state index >= 15 is 0 Å². The predicted molar refractivity (Wildman–Crippen MR) is 155 cm³/mol. The van der Waals surface area contributed by atoms with E-state index in [1.165, 1.54) is 18.3 Å². The molecular formula is C32H32ClF3N2O5. The van der Waals surface area contributed by atoms with E-state index in [-0.39, 0.29) is 28.0 Å². The van der Waals surface area contributed by atoms with Crippen LogP contribution in [0.15, 0.2) is 54.7 Å². The summed E-state index contributed by atoms with van der Waals surface area (Å²) in [6.45, 7) is 6.38. The molecule has 1 aromatic heterocycles. The first-order chi connectivity index (χ1) is 20.3. The number of carbonyl (C=O) groups excluding carboxylic acids is 2. The highest BCUT2D eigenvalue weighted by Gasteiger charge is 2.50. The first kappa shape index (κ1) is 31.0. The van der Waals surface area contributed by atoms with Gasteiger partial charge in [0, 0.05) is 41.4 Å². The summed E-state index contributed by atoms with van der Waals surface area (Å²) in [4.78, 5) is 30.4. The molecule has 1 aliphatic carbocycles. The number of nitrogens with one attached hydrogen (secondary N) is 1. The summed E-state index contributed by atoms with van der Waals surface area (Å²) in [7, 11) is 0. The van der Waals surface area contributed by atoms with Gasteiger partial charge < -0.3 is 19.5 Å². The molecule has 2 aliphatic rings. The summed E-state index contributed by atoms with van der Waals surface area (Å²) >= 11 is 5.89. The molecule has 5 rings (SSSR count). The smallest absolute Gasteiger partial charge is 0.338 e. The topological polar surface area (TPSA) is 86.8 Å². The molecule has 2 heterocycles. The second kappa shape index (κ2) is 12.3. The minimum Gasteiger partial charge on any atom is -0.456 e. The van der Waals surface area contributed by atoms with Gasteiger partial charge in [0.2, 0.25) is 5.91 Å². The number of hydrogen-bond acceptors (Lipinski definition) is 6. The summed E-state index contributed by atoms with van der Waals surface area (Å²) in [5.41, 5.74) is -0.161. The standard InChI is InChI=1S/C32H32ClF3N2O5/c1-31(2,3)43-30(40)19-4-7-21(8-5-19)38-29(39)23(14-18-15-32(16-18)41-12-13-42-32)25-11-6-20(17-37-25)26-22(28(35)36)9-10-24(33)27(26)34/h4-11,17-18,23,28H,12-16H2,1-3H3,(H,38,39). The van der Waals surface area contributed by atoms with Gasteiger partial charge in [-0.15, -0.1) is 0 Å². The van der Waals surface area contributed by atoms with Crippen molar-refractivity contribution in [3.8, 4) is 11.1 Å². The molecule has 0 bridgehead atoms. The van der Waals surface area contributed by atoms with E-state index in [2.05, 4.69) is 10.3 Å². The normalized spacial score (nSPS) is 17.1. The number of rotatable bonds is 8. The number of benzene rings is 2. The second-order valence-corrected chi connectivity index (χ2v) is 12.2. The number of alkyl halides is 2. The third-order valence-corrected chi connectivity index (χ3v) is 7.77. The molecule has 0 radical (unpaired) electrons. The summed E-state index contributed by atoms with van der Waals surface area (Å²) in [5.74, 6) is -3.00. The van der Waals surface area contributed by atoms with E-state index in [0.717, 1.165) is 12.1 Å². The lowest BCUT2D eigenvalue weighted by Crippen LogP contribution is -2.45. The largest absolute Gasteiger partial charge is 0.456 e. The molecule has 7 nitrogen and oxygen atoms in total. The molecule has 1 amide bonds. The lowest BCUT2D eigenvalue weighted by atomic mass is 9.73. The summed E-state index contributed by atoms with van der Waals surface area (Å²) in [6.07, 6.45) is 0.0384. The van der Waals surface area contributed by atoms with Crippen LogP contribution in [0.5, 0.6) is 0 Å².